The fourth-order valence-electron chi connectivity index (χ4n) is 3.88. The van der Waals surface area contributed by atoms with Crippen LogP contribution in [0.1, 0.15) is 41.6 Å². The molecule has 1 aromatic rings. The normalized spacial score (nSPS) is 27.2. The lowest BCUT2D eigenvalue weighted by Crippen LogP contribution is -2.48. The lowest BCUT2D eigenvalue weighted by atomic mass is 9.97. The molecular weight excluding hydrogens is 274 g/mol. The number of rotatable bonds is 4. The van der Waals surface area contributed by atoms with Crippen molar-refractivity contribution in [3.63, 3.8) is 0 Å². The topological polar surface area (TPSA) is 35.6 Å². The van der Waals surface area contributed by atoms with Gasteiger partial charge in [0.25, 0.3) is 5.91 Å². The van der Waals surface area contributed by atoms with E-state index in [4.69, 9.17) is 0 Å². The van der Waals surface area contributed by atoms with Crippen molar-refractivity contribution >= 4 is 5.91 Å². The molecule has 2 unspecified atom stereocenters. The molecule has 2 atom stereocenters. The van der Waals surface area contributed by atoms with Crippen molar-refractivity contribution in [1.82, 2.24) is 15.1 Å². The zero-order chi connectivity index (χ0) is 15.7. The molecule has 3 rings (SSSR count). The maximum absolute atomic E-state index is 12.8. The fourth-order valence-corrected chi connectivity index (χ4v) is 3.88. The van der Waals surface area contributed by atoms with Crippen molar-refractivity contribution in [3.8, 4) is 0 Å². The molecule has 120 valence electrons. The standard InChI is InChI=1S/C18H27N3O/c1-20(2)12-13-5-4-6-14(9-13)18(22)21(3)17-10-15-7-8-16(11-17)19-15/h4-6,9,15-17,19H,7-8,10-12H2,1-3H3. The third kappa shape index (κ3) is 3.33. The third-order valence-corrected chi connectivity index (χ3v) is 4.99. The van der Waals surface area contributed by atoms with Gasteiger partial charge in [0.15, 0.2) is 0 Å². The molecule has 0 radical (unpaired) electrons. The summed E-state index contributed by atoms with van der Waals surface area (Å²) in [5.74, 6) is 0.159. The number of carbonyl (C=O) groups excluding carboxylic acids is 1. The van der Waals surface area contributed by atoms with E-state index in [0.29, 0.717) is 18.1 Å². The highest BCUT2D eigenvalue weighted by molar-refractivity contribution is 5.94. The minimum absolute atomic E-state index is 0.159. The lowest BCUT2D eigenvalue weighted by molar-refractivity contribution is 0.0681. The van der Waals surface area contributed by atoms with Gasteiger partial charge in [0, 0.05) is 37.3 Å². The van der Waals surface area contributed by atoms with Crippen LogP contribution in [0.15, 0.2) is 24.3 Å². The van der Waals surface area contributed by atoms with Gasteiger partial charge in [-0.3, -0.25) is 4.79 Å². The highest BCUT2D eigenvalue weighted by Crippen LogP contribution is 2.29. The summed E-state index contributed by atoms with van der Waals surface area (Å²) >= 11 is 0. The van der Waals surface area contributed by atoms with Gasteiger partial charge < -0.3 is 15.1 Å². The van der Waals surface area contributed by atoms with E-state index in [1.165, 1.54) is 18.4 Å². The molecular formula is C18H27N3O. The van der Waals surface area contributed by atoms with Crippen LogP contribution in [0.2, 0.25) is 0 Å². The van der Waals surface area contributed by atoms with Crippen LogP contribution < -0.4 is 5.32 Å². The number of nitrogens with zero attached hydrogens (tertiary/aromatic N) is 2. The number of piperidine rings is 1. The molecule has 2 heterocycles. The zero-order valence-electron chi connectivity index (χ0n) is 13.9. The van der Waals surface area contributed by atoms with E-state index in [1.54, 1.807) is 0 Å². The highest BCUT2D eigenvalue weighted by atomic mass is 16.2. The molecule has 0 spiro atoms. The molecule has 2 bridgehead atoms. The van der Waals surface area contributed by atoms with E-state index in [2.05, 4.69) is 16.3 Å². The number of carbonyl (C=O) groups is 1. The second-order valence-corrected chi connectivity index (χ2v) is 7.12. The summed E-state index contributed by atoms with van der Waals surface area (Å²) in [4.78, 5) is 16.9. The molecule has 2 saturated heterocycles. The number of fused-ring (bicyclic) bond motifs is 2. The Hall–Kier alpha value is -1.39. The van der Waals surface area contributed by atoms with Crippen LogP contribution in [0.5, 0.6) is 0 Å². The summed E-state index contributed by atoms with van der Waals surface area (Å²) < 4.78 is 0. The van der Waals surface area contributed by atoms with E-state index in [0.717, 1.165) is 24.9 Å². The summed E-state index contributed by atoms with van der Waals surface area (Å²) in [7, 11) is 6.06. The Balaban J connectivity index is 1.70. The van der Waals surface area contributed by atoms with E-state index < -0.39 is 0 Å². The Bertz CT molecular complexity index is 531. The molecule has 0 saturated carbocycles. The summed E-state index contributed by atoms with van der Waals surface area (Å²) in [6.07, 6.45) is 4.72. The minimum atomic E-state index is 0.159. The van der Waals surface area contributed by atoms with Crippen LogP contribution in [0, 0.1) is 0 Å². The highest BCUT2D eigenvalue weighted by Gasteiger charge is 2.36. The first kappa shape index (κ1) is 15.5. The average molecular weight is 301 g/mol. The monoisotopic (exact) mass is 301 g/mol. The molecule has 4 nitrogen and oxygen atoms in total. The third-order valence-electron chi connectivity index (χ3n) is 4.99. The first-order valence-electron chi connectivity index (χ1n) is 8.30. The summed E-state index contributed by atoms with van der Waals surface area (Å²) in [5, 5.41) is 3.64. The van der Waals surface area contributed by atoms with Crippen molar-refractivity contribution < 1.29 is 4.79 Å². The number of hydrogen-bond acceptors (Lipinski definition) is 3. The fraction of sp³-hybridized carbons (Fsp3) is 0.611. The molecule has 2 aliphatic rings. The molecule has 1 aromatic carbocycles. The molecule has 22 heavy (non-hydrogen) atoms. The van der Waals surface area contributed by atoms with E-state index >= 15 is 0 Å². The quantitative estimate of drug-likeness (QED) is 0.925. The Morgan fingerprint density at radius 2 is 1.86 bits per heavy atom. The predicted molar refractivity (Wildman–Crippen MR) is 88.9 cm³/mol. The van der Waals surface area contributed by atoms with Gasteiger partial charge >= 0.3 is 0 Å². The predicted octanol–water partition coefficient (Wildman–Crippen LogP) is 2.10. The maximum Gasteiger partial charge on any atom is 0.253 e. The van der Waals surface area contributed by atoms with Crippen molar-refractivity contribution in [3.05, 3.63) is 35.4 Å². The Morgan fingerprint density at radius 1 is 1.18 bits per heavy atom. The molecule has 0 aromatic heterocycles. The van der Waals surface area contributed by atoms with Gasteiger partial charge in [-0.25, -0.2) is 0 Å². The Labute approximate surface area is 133 Å². The SMILES string of the molecule is CN(C)Cc1cccc(C(=O)N(C)C2CC3CCC(C2)N3)c1. The Morgan fingerprint density at radius 3 is 2.50 bits per heavy atom. The summed E-state index contributed by atoms with van der Waals surface area (Å²) in [5.41, 5.74) is 2.00. The Kier molecular flexibility index (Phi) is 4.50. The van der Waals surface area contributed by atoms with Crippen LogP contribution in [0.25, 0.3) is 0 Å². The molecule has 0 aliphatic carbocycles. The largest absolute Gasteiger partial charge is 0.339 e. The van der Waals surface area contributed by atoms with Gasteiger partial charge in [0.05, 0.1) is 0 Å². The zero-order valence-corrected chi connectivity index (χ0v) is 13.9. The second kappa shape index (κ2) is 6.39. The van der Waals surface area contributed by atoms with Crippen LogP contribution in [-0.2, 0) is 6.54 Å². The average Bonchev–Trinajstić information content (AvgIpc) is 2.83. The first-order valence-corrected chi connectivity index (χ1v) is 8.30. The van der Waals surface area contributed by atoms with Gasteiger partial charge in [0.2, 0.25) is 0 Å². The molecule has 1 N–H and O–H groups in total. The van der Waals surface area contributed by atoms with E-state index in [-0.39, 0.29) is 5.91 Å². The van der Waals surface area contributed by atoms with Gasteiger partial charge in [-0.05, 0) is 57.5 Å². The number of nitrogens with one attached hydrogen (secondary N) is 1. The van der Waals surface area contributed by atoms with Gasteiger partial charge in [-0.1, -0.05) is 12.1 Å². The van der Waals surface area contributed by atoms with Crippen LogP contribution >= 0.6 is 0 Å². The van der Waals surface area contributed by atoms with Crippen molar-refractivity contribution in [2.24, 2.45) is 0 Å². The second-order valence-electron chi connectivity index (χ2n) is 7.12. The van der Waals surface area contributed by atoms with Crippen LogP contribution in [-0.4, -0.2) is 55.0 Å². The van der Waals surface area contributed by atoms with E-state index in [9.17, 15) is 4.79 Å². The lowest BCUT2D eigenvalue weighted by Gasteiger charge is -2.35. The van der Waals surface area contributed by atoms with Gasteiger partial charge in [-0.2, -0.15) is 0 Å². The van der Waals surface area contributed by atoms with Crippen molar-refractivity contribution in [2.75, 3.05) is 21.1 Å². The number of hydrogen-bond donors (Lipinski definition) is 1. The molecule has 4 heteroatoms. The van der Waals surface area contributed by atoms with Crippen LogP contribution in [0.3, 0.4) is 0 Å². The number of benzene rings is 1. The van der Waals surface area contributed by atoms with Gasteiger partial charge in [-0.15, -0.1) is 0 Å². The van der Waals surface area contributed by atoms with Crippen LogP contribution in [0.4, 0.5) is 0 Å². The van der Waals surface area contributed by atoms with Crippen molar-refractivity contribution in [2.45, 2.75) is 50.4 Å². The molecule has 2 fully saturated rings. The van der Waals surface area contributed by atoms with Crippen molar-refractivity contribution in [1.29, 1.82) is 0 Å². The van der Waals surface area contributed by atoms with E-state index in [1.807, 2.05) is 44.2 Å². The van der Waals surface area contributed by atoms with Gasteiger partial charge in [0.1, 0.15) is 0 Å². The maximum atomic E-state index is 12.8. The molecule has 2 aliphatic heterocycles. The molecule has 1 amide bonds. The first-order chi connectivity index (χ1) is 10.5. The summed E-state index contributed by atoms with van der Waals surface area (Å²) in [6, 6.07) is 9.65. The number of amides is 1. The minimum Gasteiger partial charge on any atom is -0.339 e. The summed E-state index contributed by atoms with van der Waals surface area (Å²) in [6.45, 7) is 0.863. The smallest absolute Gasteiger partial charge is 0.253 e.